The van der Waals surface area contributed by atoms with Crippen LogP contribution in [0.3, 0.4) is 0 Å². The monoisotopic (exact) mass is 419 g/mol. The minimum atomic E-state index is -0.934. The van der Waals surface area contributed by atoms with Crippen LogP contribution in [0.15, 0.2) is 54.7 Å². The van der Waals surface area contributed by atoms with E-state index in [9.17, 15) is 9.59 Å². The van der Waals surface area contributed by atoms with Crippen molar-refractivity contribution in [2.45, 2.75) is 39.7 Å². The number of carboxylic acids is 1. The van der Waals surface area contributed by atoms with Crippen LogP contribution in [0.2, 0.25) is 0 Å². The molecule has 0 spiro atoms. The van der Waals surface area contributed by atoms with E-state index in [0.29, 0.717) is 11.5 Å². The number of aliphatic carboxylic acids is 1. The molecule has 2 aromatic carbocycles. The van der Waals surface area contributed by atoms with E-state index < -0.39 is 5.97 Å². The van der Waals surface area contributed by atoms with Crippen LogP contribution in [0, 0.1) is 12.8 Å². The van der Waals surface area contributed by atoms with Gasteiger partial charge in [-0.15, -0.1) is 0 Å². The summed E-state index contributed by atoms with van der Waals surface area (Å²) in [5, 5.41) is 16.0. The molecule has 1 amide bonds. The predicted octanol–water partition coefficient (Wildman–Crippen LogP) is 4.95. The number of aromatic nitrogens is 1. The Labute approximate surface area is 182 Å². The summed E-state index contributed by atoms with van der Waals surface area (Å²) in [4.78, 5) is 27.4. The van der Waals surface area contributed by atoms with Gasteiger partial charge in [-0.1, -0.05) is 37.6 Å². The Morgan fingerprint density at radius 1 is 1.06 bits per heavy atom. The van der Waals surface area contributed by atoms with Crippen molar-refractivity contribution in [2.24, 2.45) is 5.92 Å². The lowest BCUT2D eigenvalue weighted by atomic mass is 9.95. The van der Waals surface area contributed by atoms with Gasteiger partial charge >= 0.3 is 5.97 Å². The first-order valence-electron chi connectivity index (χ1n) is 10.5. The van der Waals surface area contributed by atoms with Crippen molar-refractivity contribution < 1.29 is 14.7 Å². The van der Waals surface area contributed by atoms with Crippen LogP contribution in [0.4, 0.5) is 5.69 Å². The van der Waals surface area contributed by atoms with Gasteiger partial charge in [0.1, 0.15) is 0 Å². The number of nitrogens with one attached hydrogen (secondary N) is 2. The van der Waals surface area contributed by atoms with Crippen LogP contribution in [0.5, 0.6) is 0 Å². The van der Waals surface area contributed by atoms with Crippen molar-refractivity contribution in [3.8, 4) is 0 Å². The van der Waals surface area contributed by atoms with E-state index in [-0.39, 0.29) is 24.9 Å². The molecule has 1 atom stereocenters. The van der Waals surface area contributed by atoms with Crippen LogP contribution < -0.4 is 10.6 Å². The maximum atomic E-state index is 12.2. The van der Waals surface area contributed by atoms with E-state index in [0.717, 1.165) is 28.6 Å². The number of anilines is 1. The average molecular weight is 420 g/mol. The summed E-state index contributed by atoms with van der Waals surface area (Å²) >= 11 is 0. The topological polar surface area (TPSA) is 91.3 Å². The number of pyridine rings is 1. The summed E-state index contributed by atoms with van der Waals surface area (Å²) in [6, 6.07) is 15.9. The van der Waals surface area contributed by atoms with Gasteiger partial charge in [0.15, 0.2) is 0 Å². The molecule has 0 aliphatic rings. The molecule has 0 fully saturated rings. The van der Waals surface area contributed by atoms with Crippen molar-refractivity contribution in [1.82, 2.24) is 10.3 Å². The average Bonchev–Trinajstić information content (AvgIpc) is 2.72. The summed E-state index contributed by atoms with van der Waals surface area (Å²) in [6.07, 6.45) is 2.69. The first kappa shape index (κ1) is 22.3. The highest BCUT2D eigenvalue weighted by Gasteiger charge is 2.15. The molecule has 1 heterocycles. The highest BCUT2D eigenvalue weighted by Crippen LogP contribution is 2.27. The fraction of sp³-hybridized carbons (Fsp3) is 0.320. The third-order valence-electron chi connectivity index (χ3n) is 5.08. The Kier molecular flexibility index (Phi) is 7.23. The van der Waals surface area contributed by atoms with Gasteiger partial charge in [0.2, 0.25) is 0 Å². The second-order valence-electron chi connectivity index (χ2n) is 8.27. The number of nitrogens with zero attached hydrogens (tertiary/aromatic N) is 1. The lowest BCUT2D eigenvalue weighted by Gasteiger charge is -2.22. The molecule has 6 heteroatoms. The van der Waals surface area contributed by atoms with Crippen molar-refractivity contribution in [3.05, 3.63) is 71.4 Å². The second-order valence-corrected chi connectivity index (χ2v) is 8.27. The molecule has 6 nitrogen and oxygen atoms in total. The number of amides is 1. The molecule has 0 saturated heterocycles. The van der Waals surface area contributed by atoms with Crippen molar-refractivity contribution in [3.63, 3.8) is 0 Å². The zero-order chi connectivity index (χ0) is 22.4. The lowest BCUT2D eigenvalue weighted by molar-refractivity contribution is -0.136. The molecule has 0 radical (unpaired) electrons. The van der Waals surface area contributed by atoms with Gasteiger partial charge in [-0.05, 0) is 55.2 Å². The zero-order valence-corrected chi connectivity index (χ0v) is 18.2. The molecule has 3 aromatic rings. The van der Waals surface area contributed by atoms with Gasteiger partial charge in [-0.3, -0.25) is 14.6 Å². The van der Waals surface area contributed by atoms with Crippen LogP contribution in [-0.2, 0) is 4.79 Å². The standard InChI is InChI=1S/C25H29N3O3/c1-16(2)12-23(28-21-14-20-13-17(3)4-9-22(20)27-15-21)18-5-7-19(8-6-18)25(31)26-11-10-24(29)30/h4-9,13-16,23,28H,10-12H2,1-3H3,(H,26,31)(H,29,30)/t23-/m1/s1. The second kappa shape index (κ2) is 10.1. The molecule has 1 aromatic heterocycles. The largest absolute Gasteiger partial charge is 0.481 e. The fourth-order valence-corrected chi connectivity index (χ4v) is 3.53. The number of carboxylic acid groups (broad SMARTS) is 1. The summed E-state index contributed by atoms with van der Waals surface area (Å²) in [7, 11) is 0. The SMILES string of the molecule is Cc1ccc2ncc(N[C@H](CC(C)C)c3ccc(C(=O)NCCC(=O)O)cc3)cc2c1. The highest BCUT2D eigenvalue weighted by molar-refractivity contribution is 5.94. The summed E-state index contributed by atoms with van der Waals surface area (Å²) < 4.78 is 0. The molecule has 0 saturated carbocycles. The summed E-state index contributed by atoms with van der Waals surface area (Å²) in [6.45, 7) is 6.55. The number of carbonyl (C=O) groups is 2. The van der Waals surface area contributed by atoms with E-state index in [2.05, 4.69) is 54.6 Å². The smallest absolute Gasteiger partial charge is 0.305 e. The summed E-state index contributed by atoms with van der Waals surface area (Å²) in [5.41, 5.74) is 4.72. The number of hydrogen-bond donors (Lipinski definition) is 3. The van der Waals surface area contributed by atoms with E-state index >= 15 is 0 Å². The minimum Gasteiger partial charge on any atom is -0.481 e. The predicted molar refractivity (Wildman–Crippen MR) is 123 cm³/mol. The van der Waals surface area contributed by atoms with Crippen molar-refractivity contribution >= 4 is 28.5 Å². The van der Waals surface area contributed by atoms with Gasteiger partial charge in [0.05, 0.1) is 29.9 Å². The molecule has 0 unspecified atom stereocenters. The fourth-order valence-electron chi connectivity index (χ4n) is 3.53. The first-order chi connectivity index (χ1) is 14.8. The third-order valence-corrected chi connectivity index (χ3v) is 5.08. The first-order valence-corrected chi connectivity index (χ1v) is 10.5. The molecule has 0 bridgehead atoms. The number of benzene rings is 2. The third kappa shape index (κ3) is 6.28. The number of fused-ring (bicyclic) bond motifs is 1. The van der Waals surface area contributed by atoms with Crippen LogP contribution in [0.1, 0.15) is 54.2 Å². The highest BCUT2D eigenvalue weighted by atomic mass is 16.4. The molecular formula is C25H29N3O3. The van der Waals surface area contributed by atoms with Crippen molar-refractivity contribution in [2.75, 3.05) is 11.9 Å². The Balaban J connectivity index is 1.76. The molecule has 3 rings (SSSR count). The van der Waals surface area contributed by atoms with Crippen molar-refractivity contribution in [1.29, 1.82) is 0 Å². The zero-order valence-electron chi connectivity index (χ0n) is 18.2. The Hall–Kier alpha value is -3.41. The van der Waals surface area contributed by atoms with Crippen LogP contribution in [-0.4, -0.2) is 28.5 Å². The minimum absolute atomic E-state index is 0.0770. The van der Waals surface area contributed by atoms with Gasteiger partial charge in [0, 0.05) is 17.5 Å². The number of carbonyl (C=O) groups excluding carboxylic acids is 1. The quantitative estimate of drug-likeness (QED) is 0.457. The normalized spacial score (nSPS) is 12.0. The Bertz CT molecular complexity index is 1060. The molecule has 0 aliphatic heterocycles. The number of hydrogen-bond acceptors (Lipinski definition) is 4. The van der Waals surface area contributed by atoms with E-state index in [4.69, 9.17) is 5.11 Å². The number of aryl methyl sites for hydroxylation is 1. The van der Waals surface area contributed by atoms with E-state index in [1.165, 1.54) is 5.56 Å². The molecule has 162 valence electrons. The molecule has 0 aliphatic carbocycles. The lowest BCUT2D eigenvalue weighted by Crippen LogP contribution is -2.26. The van der Waals surface area contributed by atoms with Gasteiger partial charge in [-0.2, -0.15) is 0 Å². The maximum Gasteiger partial charge on any atom is 0.305 e. The maximum absolute atomic E-state index is 12.2. The van der Waals surface area contributed by atoms with Crippen LogP contribution in [0.25, 0.3) is 10.9 Å². The van der Waals surface area contributed by atoms with Gasteiger partial charge in [0.25, 0.3) is 5.91 Å². The summed E-state index contributed by atoms with van der Waals surface area (Å²) in [5.74, 6) is -0.723. The van der Waals surface area contributed by atoms with E-state index in [1.807, 2.05) is 24.4 Å². The van der Waals surface area contributed by atoms with Crippen LogP contribution >= 0.6 is 0 Å². The molecular weight excluding hydrogens is 390 g/mol. The molecule has 3 N–H and O–H groups in total. The van der Waals surface area contributed by atoms with Gasteiger partial charge < -0.3 is 15.7 Å². The number of rotatable bonds is 9. The van der Waals surface area contributed by atoms with E-state index in [1.54, 1.807) is 12.1 Å². The molecule has 31 heavy (non-hydrogen) atoms. The van der Waals surface area contributed by atoms with Gasteiger partial charge in [-0.25, -0.2) is 0 Å². The Morgan fingerprint density at radius 2 is 1.81 bits per heavy atom. The Morgan fingerprint density at radius 3 is 2.48 bits per heavy atom.